The molecule has 0 saturated heterocycles. The van der Waals surface area contributed by atoms with Crippen LogP contribution in [0.1, 0.15) is 11.8 Å². The zero-order chi connectivity index (χ0) is 16.9. The molecule has 1 amide bonds. The molecule has 0 aliphatic heterocycles. The van der Waals surface area contributed by atoms with Crippen LogP contribution in [0.2, 0.25) is 0 Å². The maximum atomic E-state index is 12.1. The van der Waals surface area contributed by atoms with E-state index in [1.54, 1.807) is 18.3 Å². The fourth-order valence-electron chi connectivity index (χ4n) is 1.81. The van der Waals surface area contributed by atoms with Gasteiger partial charge in [-0.25, -0.2) is 0 Å². The molecular weight excluding hydrogens is 329 g/mol. The first-order valence-corrected chi connectivity index (χ1v) is 7.64. The third kappa shape index (κ3) is 5.82. The summed E-state index contributed by atoms with van der Waals surface area (Å²) in [6.07, 6.45) is -4.72. The summed E-state index contributed by atoms with van der Waals surface area (Å²) in [6.45, 7) is 2.12. The van der Waals surface area contributed by atoms with Gasteiger partial charge >= 0.3 is 6.36 Å². The van der Waals surface area contributed by atoms with Gasteiger partial charge < -0.3 is 15.4 Å². The number of rotatable bonds is 6. The molecule has 0 aliphatic carbocycles. The van der Waals surface area contributed by atoms with Gasteiger partial charge in [-0.2, -0.15) is 0 Å². The summed E-state index contributed by atoms with van der Waals surface area (Å²) in [7, 11) is 0. The Kier molecular flexibility index (Phi) is 5.49. The second-order valence-corrected chi connectivity index (χ2v) is 5.77. The number of carbonyl (C=O) groups excluding carboxylic acids is 1. The number of alkyl halides is 3. The smallest absolute Gasteiger partial charge is 0.406 e. The van der Waals surface area contributed by atoms with Crippen molar-refractivity contribution >= 4 is 22.9 Å². The van der Waals surface area contributed by atoms with Crippen molar-refractivity contribution in [2.24, 2.45) is 0 Å². The van der Waals surface area contributed by atoms with E-state index in [-0.39, 0.29) is 11.7 Å². The van der Waals surface area contributed by atoms with Crippen LogP contribution >= 0.6 is 11.3 Å². The van der Waals surface area contributed by atoms with E-state index in [0.29, 0.717) is 12.2 Å². The molecule has 4 nitrogen and oxygen atoms in total. The number of halogens is 3. The average Bonchev–Trinajstić information content (AvgIpc) is 2.98. The summed E-state index contributed by atoms with van der Waals surface area (Å²) in [4.78, 5) is 13.0. The Bertz CT molecular complexity index is 627. The number of amides is 1. The lowest BCUT2D eigenvalue weighted by Crippen LogP contribution is -2.37. The van der Waals surface area contributed by atoms with Gasteiger partial charge in [0.15, 0.2) is 0 Å². The van der Waals surface area contributed by atoms with Gasteiger partial charge in [-0.3, -0.25) is 4.79 Å². The van der Waals surface area contributed by atoms with Crippen molar-refractivity contribution in [3.63, 3.8) is 0 Å². The van der Waals surface area contributed by atoms with Crippen LogP contribution in [0.4, 0.5) is 18.9 Å². The first-order valence-electron chi connectivity index (χ1n) is 6.76. The molecule has 2 N–H and O–H groups in total. The molecule has 0 bridgehead atoms. The first-order chi connectivity index (χ1) is 10.8. The van der Waals surface area contributed by atoms with Crippen molar-refractivity contribution in [1.29, 1.82) is 0 Å². The van der Waals surface area contributed by atoms with Crippen LogP contribution in [0.3, 0.4) is 0 Å². The molecule has 2 aromatic rings. The molecule has 23 heavy (non-hydrogen) atoms. The van der Waals surface area contributed by atoms with E-state index in [0.717, 1.165) is 4.88 Å². The van der Waals surface area contributed by atoms with Gasteiger partial charge in [0.2, 0.25) is 5.91 Å². The fraction of sp³-hybridized carbons (Fsp3) is 0.267. The highest BCUT2D eigenvalue weighted by molar-refractivity contribution is 7.09. The maximum absolute atomic E-state index is 12.1. The van der Waals surface area contributed by atoms with Crippen molar-refractivity contribution in [2.45, 2.75) is 25.9 Å². The van der Waals surface area contributed by atoms with Gasteiger partial charge in [-0.05, 0) is 42.6 Å². The molecule has 0 saturated carbocycles. The molecule has 0 spiro atoms. The Morgan fingerprint density at radius 3 is 2.52 bits per heavy atom. The Hall–Kier alpha value is -2.22. The number of hydrogen-bond donors (Lipinski definition) is 2. The molecule has 1 heterocycles. The Morgan fingerprint density at radius 2 is 1.96 bits per heavy atom. The molecule has 124 valence electrons. The summed E-state index contributed by atoms with van der Waals surface area (Å²) in [6, 6.07) is 8.51. The molecule has 1 aromatic heterocycles. The largest absolute Gasteiger partial charge is 0.573 e. The second kappa shape index (κ2) is 7.36. The highest BCUT2D eigenvalue weighted by atomic mass is 32.1. The highest BCUT2D eigenvalue weighted by Crippen LogP contribution is 2.24. The molecule has 0 aliphatic rings. The predicted octanol–water partition coefficient (Wildman–Crippen LogP) is 3.76. The number of anilines is 1. The summed E-state index contributed by atoms with van der Waals surface area (Å²) in [5, 5.41) is 7.62. The van der Waals surface area contributed by atoms with Gasteiger partial charge in [-0.15, -0.1) is 24.5 Å². The van der Waals surface area contributed by atoms with E-state index in [4.69, 9.17) is 0 Å². The molecule has 0 fully saturated rings. The second-order valence-electron chi connectivity index (χ2n) is 4.74. The van der Waals surface area contributed by atoms with E-state index in [1.807, 2.05) is 17.5 Å². The average molecular weight is 344 g/mol. The Morgan fingerprint density at radius 1 is 1.26 bits per heavy atom. The SMILES string of the molecule is C[C@H](Nc1ccc(OC(F)(F)F)cc1)C(=O)NCc1cccs1. The normalized spacial score (nSPS) is 12.5. The van der Waals surface area contributed by atoms with Crippen LogP contribution in [0.5, 0.6) is 5.75 Å². The van der Waals surface area contributed by atoms with Crippen LogP contribution in [0.25, 0.3) is 0 Å². The summed E-state index contributed by atoms with van der Waals surface area (Å²) in [5.74, 6) is -0.508. The standard InChI is InChI=1S/C15H15F3N2O2S/c1-10(14(21)19-9-13-3-2-8-23-13)20-11-4-6-12(7-5-11)22-15(16,17)18/h2-8,10,20H,9H2,1H3,(H,19,21)/t10-/m0/s1. The quantitative estimate of drug-likeness (QED) is 0.839. The van der Waals surface area contributed by atoms with E-state index >= 15 is 0 Å². The molecule has 8 heteroatoms. The van der Waals surface area contributed by atoms with Crippen molar-refractivity contribution in [1.82, 2.24) is 5.32 Å². The Labute approximate surface area is 135 Å². The Balaban J connectivity index is 1.84. The van der Waals surface area contributed by atoms with Crippen LogP contribution < -0.4 is 15.4 Å². The van der Waals surface area contributed by atoms with Crippen molar-refractivity contribution in [3.05, 3.63) is 46.7 Å². The summed E-state index contributed by atoms with van der Waals surface area (Å²) >= 11 is 1.55. The lowest BCUT2D eigenvalue weighted by Gasteiger charge is -2.15. The zero-order valence-corrected chi connectivity index (χ0v) is 13.0. The molecule has 1 aromatic carbocycles. The minimum Gasteiger partial charge on any atom is -0.406 e. The number of benzene rings is 1. The van der Waals surface area contributed by atoms with E-state index in [9.17, 15) is 18.0 Å². The minimum atomic E-state index is -4.72. The fourth-order valence-corrected chi connectivity index (χ4v) is 2.45. The van der Waals surface area contributed by atoms with Crippen LogP contribution in [-0.4, -0.2) is 18.3 Å². The number of nitrogens with one attached hydrogen (secondary N) is 2. The van der Waals surface area contributed by atoms with Crippen molar-refractivity contribution in [2.75, 3.05) is 5.32 Å². The predicted molar refractivity (Wildman–Crippen MR) is 82.4 cm³/mol. The lowest BCUT2D eigenvalue weighted by molar-refractivity contribution is -0.274. The van der Waals surface area contributed by atoms with Gasteiger partial charge in [0.1, 0.15) is 11.8 Å². The molecule has 2 rings (SSSR count). The third-order valence-corrected chi connectivity index (χ3v) is 3.76. The van der Waals surface area contributed by atoms with E-state index in [2.05, 4.69) is 15.4 Å². The third-order valence-electron chi connectivity index (χ3n) is 2.88. The summed E-state index contributed by atoms with van der Waals surface area (Å²) in [5.41, 5.74) is 0.526. The van der Waals surface area contributed by atoms with Gasteiger partial charge in [-0.1, -0.05) is 6.07 Å². The number of thiophene rings is 1. The van der Waals surface area contributed by atoms with Crippen molar-refractivity contribution in [3.8, 4) is 5.75 Å². The topological polar surface area (TPSA) is 50.4 Å². The monoisotopic (exact) mass is 344 g/mol. The maximum Gasteiger partial charge on any atom is 0.573 e. The van der Waals surface area contributed by atoms with Gasteiger partial charge in [0, 0.05) is 10.6 Å². The highest BCUT2D eigenvalue weighted by Gasteiger charge is 2.30. The van der Waals surface area contributed by atoms with Crippen LogP contribution in [-0.2, 0) is 11.3 Å². The number of hydrogen-bond acceptors (Lipinski definition) is 4. The number of ether oxygens (including phenoxy) is 1. The molecular formula is C15H15F3N2O2S. The summed E-state index contributed by atoms with van der Waals surface area (Å²) < 4.78 is 40.0. The molecule has 1 atom stereocenters. The minimum absolute atomic E-state index is 0.200. The van der Waals surface area contributed by atoms with Crippen LogP contribution in [0.15, 0.2) is 41.8 Å². The van der Waals surface area contributed by atoms with Gasteiger partial charge in [0.25, 0.3) is 0 Å². The zero-order valence-electron chi connectivity index (χ0n) is 12.2. The molecule has 0 unspecified atom stereocenters. The van der Waals surface area contributed by atoms with Crippen molar-refractivity contribution < 1.29 is 22.7 Å². The molecule has 0 radical (unpaired) electrons. The van der Waals surface area contributed by atoms with Crippen LogP contribution in [0, 0.1) is 0 Å². The van der Waals surface area contributed by atoms with E-state index in [1.165, 1.54) is 24.3 Å². The van der Waals surface area contributed by atoms with E-state index < -0.39 is 12.4 Å². The number of carbonyl (C=O) groups is 1. The lowest BCUT2D eigenvalue weighted by atomic mass is 10.2. The first kappa shape index (κ1) is 17.1. The van der Waals surface area contributed by atoms with Gasteiger partial charge in [0.05, 0.1) is 6.54 Å².